The molecule has 3 rings (SSSR count). The number of hydrogen-bond acceptors (Lipinski definition) is 5. The Hall–Kier alpha value is -4.26. The molecule has 0 bridgehead atoms. The Balaban J connectivity index is 1.72. The van der Waals surface area contributed by atoms with E-state index in [1.807, 2.05) is 0 Å². The van der Waals surface area contributed by atoms with Crippen LogP contribution in [0, 0.1) is 18.6 Å². The van der Waals surface area contributed by atoms with E-state index < -0.39 is 23.6 Å². The van der Waals surface area contributed by atoms with Crippen LogP contribution in [0.3, 0.4) is 0 Å². The Kier molecular flexibility index (Phi) is 8.38. The van der Waals surface area contributed by atoms with Crippen molar-refractivity contribution in [3.63, 3.8) is 0 Å². The maximum atomic E-state index is 15.0. The summed E-state index contributed by atoms with van der Waals surface area (Å²) in [6.07, 6.45) is 0. The van der Waals surface area contributed by atoms with E-state index in [1.165, 1.54) is 25.1 Å². The lowest BCUT2D eigenvalue weighted by Crippen LogP contribution is -2.12. The zero-order valence-corrected chi connectivity index (χ0v) is 20.3. The smallest absolute Gasteiger partial charge is 0.338 e. The molecule has 0 atom stereocenters. The van der Waals surface area contributed by atoms with Crippen molar-refractivity contribution in [3.05, 3.63) is 96.1 Å². The van der Waals surface area contributed by atoms with Gasteiger partial charge in [-0.2, -0.15) is 0 Å². The molecular formula is C29H26F2O5. The van der Waals surface area contributed by atoms with E-state index in [2.05, 4.69) is 13.2 Å². The molecule has 186 valence electrons. The number of esters is 2. The van der Waals surface area contributed by atoms with E-state index in [0.29, 0.717) is 22.4 Å². The molecule has 0 aliphatic heterocycles. The van der Waals surface area contributed by atoms with Crippen LogP contribution in [-0.4, -0.2) is 25.2 Å². The lowest BCUT2D eigenvalue weighted by molar-refractivity contribution is -0.139. The van der Waals surface area contributed by atoms with Gasteiger partial charge in [-0.25, -0.2) is 18.4 Å². The van der Waals surface area contributed by atoms with Gasteiger partial charge in [0, 0.05) is 16.7 Å². The molecule has 36 heavy (non-hydrogen) atoms. The van der Waals surface area contributed by atoms with Gasteiger partial charge in [0.05, 0.1) is 0 Å². The van der Waals surface area contributed by atoms with E-state index in [4.69, 9.17) is 14.2 Å². The fourth-order valence-corrected chi connectivity index (χ4v) is 3.25. The summed E-state index contributed by atoms with van der Waals surface area (Å²) in [6.45, 7) is 11.8. The van der Waals surface area contributed by atoms with Crippen LogP contribution in [0.4, 0.5) is 8.78 Å². The quantitative estimate of drug-likeness (QED) is 0.146. The highest BCUT2D eigenvalue weighted by Crippen LogP contribution is 2.32. The highest BCUT2D eigenvalue weighted by molar-refractivity contribution is 5.89. The standard InChI is InChI=1S/C29H26F2O5/c1-17(2)28(32)35-13-12-34-27-11-8-22(16-25(27)31)23-9-6-21(15-24(23)30)20-7-10-26(19(5)14-20)36-29(33)18(3)4/h6-11,14-16H,1,3,12-13H2,2,4-5H3. The van der Waals surface area contributed by atoms with Gasteiger partial charge in [-0.05, 0) is 73.4 Å². The normalized spacial score (nSPS) is 10.5. The van der Waals surface area contributed by atoms with Crippen molar-refractivity contribution in [3.8, 4) is 33.8 Å². The number of halogens is 2. The van der Waals surface area contributed by atoms with E-state index in [1.54, 1.807) is 50.2 Å². The highest BCUT2D eigenvalue weighted by atomic mass is 19.1. The first-order valence-electron chi connectivity index (χ1n) is 11.1. The summed E-state index contributed by atoms with van der Waals surface area (Å²) in [4.78, 5) is 23.1. The average molecular weight is 493 g/mol. The summed E-state index contributed by atoms with van der Waals surface area (Å²) in [6, 6.07) is 13.9. The molecule has 0 fully saturated rings. The van der Waals surface area contributed by atoms with E-state index in [9.17, 15) is 18.4 Å². The summed E-state index contributed by atoms with van der Waals surface area (Å²) in [7, 11) is 0. The third-order valence-electron chi connectivity index (χ3n) is 5.19. The molecule has 0 amide bonds. The van der Waals surface area contributed by atoms with E-state index >= 15 is 0 Å². The van der Waals surface area contributed by atoms with Gasteiger partial charge in [0.1, 0.15) is 24.8 Å². The first kappa shape index (κ1) is 26.3. The summed E-state index contributed by atoms with van der Waals surface area (Å²) in [5, 5.41) is 0. The first-order valence-corrected chi connectivity index (χ1v) is 11.1. The number of aryl methyl sites for hydroxylation is 1. The Morgan fingerprint density at radius 3 is 1.94 bits per heavy atom. The molecule has 0 radical (unpaired) electrons. The predicted molar refractivity (Wildman–Crippen MR) is 134 cm³/mol. The molecule has 5 nitrogen and oxygen atoms in total. The second kappa shape index (κ2) is 11.4. The van der Waals surface area contributed by atoms with Crippen LogP contribution < -0.4 is 9.47 Å². The second-order valence-electron chi connectivity index (χ2n) is 8.25. The monoisotopic (exact) mass is 492 g/mol. The Morgan fingerprint density at radius 2 is 1.33 bits per heavy atom. The number of hydrogen-bond donors (Lipinski definition) is 0. The predicted octanol–water partition coefficient (Wildman–Crippen LogP) is 6.59. The second-order valence-corrected chi connectivity index (χ2v) is 8.25. The molecule has 0 heterocycles. The van der Waals surface area contributed by atoms with Crippen molar-refractivity contribution in [2.75, 3.05) is 13.2 Å². The van der Waals surface area contributed by atoms with Gasteiger partial charge in [-0.3, -0.25) is 0 Å². The summed E-state index contributed by atoms with van der Waals surface area (Å²) >= 11 is 0. The highest BCUT2D eigenvalue weighted by Gasteiger charge is 2.13. The molecule has 0 aliphatic rings. The van der Waals surface area contributed by atoms with E-state index in [-0.39, 0.29) is 35.7 Å². The summed E-state index contributed by atoms with van der Waals surface area (Å²) in [5.74, 6) is -1.90. The van der Waals surface area contributed by atoms with Crippen LogP contribution in [-0.2, 0) is 14.3 Å². The molecule has 0 N–H and O–H groups in total. The van der Waals surface area contributed by atoms with Crippen molar-refractivity contribution in [1.29, 1.82) is 0 Å². The molecule has 0 unspecified atom stereocenters. The lowest BCUT2D eigenvalue weighted by Gasteiger charge is -2.12. The Labute approximate surface area is 208 Å². The van der Waals surface area contributed by atoms with Crippen LogP contribution in [0.15, 0.2) is 78.9 Å². The van der Waals surface area contributed by atoms with Gasteiger partial charge in [0.15, 0.2) is 11.6 Å². The zero-order chi connectivity index (χ0) is 26.4. The van der Waals surface area contributed by atoms with Gasteiger partial charge < -0.3 is 14.2 Å². The van der Waals surface area contributed by atoms with Crippen LogP contribution >= 0.6 is 0 Å². The first-order chi connectivity index (χ1) is 17.1. The topological polar surface area (TPSA) is 61.8 Å². The third-order valence-corrected chi connectivity index (χ3v) is 5.19. The fourth-order valence-electron chi connectivity index (χ4n) is 3.25. The number of benzene rings is 3. The van der Waals surface area contributed by atoms with Crippen molar-refractivity contribution < 1.29 is 32.6 Å². The zero-order valence-electron chi connectivity index (χ0n) is 20.3. The van der Waals surface area contributed by atoms with Crippen molar-refractivity contribution in [2.45, 2.75) is 20.8 Å². The van der Waals surface area contributed by atoms with Gasteiger partial charge >= 0.3 is 11.9 Å². The molecule has 3 aromatic carbocycles. The molecule has 0 aliphatic carbocycles. The Bertz CT molecular complexity index is 1340. The van der Waals surface area contributed by atoms with Gasteiger partial charge in [-0.15, -0.1) is 0 Å². The van der Waals surface area contributed by atoms with E-state index in [0.717, 1.165) is 5.56 Å². The lowest BCUT2D eigenvalue weighted by atomic mass is 9.98. The van der Waals surface area contributed by atoms with Gasteiger partial charge in [0.2, 0.25) is 0 Å². The SMILES string of the molecule is C=C(C)C(=O)OCCOc1ccc(-c2ccc(-c3ccc(OC(=O)C(=C)C)c(C)c3)cc2F)cc1F. The van der Waals surface area contributed by atoms with Crippen LogP contribution in [0.25, 0.3) is 22.3 Å². The minimum absolute atomic E-state index is 0.0370. The molecule has 3 aromatic rings. The molecule has 0 saturated carbocycles. The van der Waals surface area contributed by atoms with Gasteiger partial charge in [0.25, 0.3) is 0 Å². The molecule has 0 aromatic heterocycles. The molecule has 7 heteroatoms. The van der Waals surface area contributed by atoms with Crippen LogP contribution in [0.5, 0.6) is 11.5 Å². The van der Waals surface area contributed by atoms with Crippen molar-refractivity contribution in [2.24, 2.45) is 0 Å². The number of ether oxygens (including phenoxy) is 3. The van der Waals surface area contributed by atoms with Crippen molar-refractivity contribution >= 4 is 11.9 Å². The largest absolute Gasteiger partial charge is 0.487 e. The molecule has 0 spiro atoms. The fraction of sp³-hybridized carbons (Fsp3) is 0.172. The summed E-state index contributed by atoms with van der Waals surface area (Å²) < 4.78 is 45.0. The number of carbonyl (C=O) groups excluding carboxylic acids is 2. The Morgan fingerprint density at radius 1 is 0.750 bits per heavy atom. The van der Waals surface area contributed by atoms with Crippen LogP contribution in [0.1, 0.15) is 19.4 Å². The van der Waals surface area contributed by atoms with Gasteiger partial charge in [-0.1, -0.05) is 37.4 Å². The number of rotatable bonds is 9. The molecular weight excluding hydrogens is 466 g/mol. The minimum atomic E-state index is -0.669. The molecule has 0 saturated heterocycles. The minimum Gasteiger partial charge on any atom is -0.487 e. The maximum absolute atomic E-state index is 15.0. The number of carbonyl (C=O) groups is 2. The summed E-state index contributed by atoms with van der Waals surface area (Å²) in [5.41, 5.74) is 3.17. The third kappa shape index (κ3) is 6.44. The maximum Gasteiger partial charge on any atom is 0.338 e. The van der Waals surface area contributed by atoms with Crippen molar-refractivity contribution in [1.82, 2.24) is 0 Å². The average Bonchev–Trinajstić information content (AvgIpc) is 2.83. The van der Waals surface area contributed by atoms with Crippen LogP contribution in [0.2, 0.25) is 0 Å².